The van der Waals surface area contributed by atoms with Crippen LogP contribution in [0.15, 0.2) is 24.3 Å². The van der Waals surface area contributed by atoms with Gasteiger partial charge in [-0.3, -0.25) is 4.79 Å². The molecule has 0 aromatic heterocycles. The first kappa shape index (κ1) is 15.8. The number of hydrogen-bond acceptors (Lipinski definition) is 4. The predicted molar refractivity (Wildman–Crippen MR) is 81.3 cm³/mol. The van der Waals surface area contributed by atoms with Crippen molar-refractivity contribution in [3.05, 3.63) is 29.8 Å². The maximum Gasteiger partial charge on any atom is 0.261 e. The van der Waals surface area contributed by atoms with Crippen LogP contribution in [0.25, 0.3) is 0 Å². The lowest BCUT2D eigenvalue weighted by Crippen LogP contribution is -2.42. The lowest BCUT2D eigenvalue weighted by molar-refractivity contribution is -0.128. The normalized spacial score (nSPS) is 22.8. The van der Waals surface area contributed by atoms with Crippen molar-refractivity contribution in [1.29, 1.82) is 0 Å². The van der Waals surface area contributed by atoms with E-state index in [0.717, 1.165) is 12.1 Å². The highest BCUT2D eigenvalue weighted by atomic mass is 16.5. The second-order valence-electron chi connectivity index (χ2n) is 5.56. The summed E-state index contributed by atoms with van der Waals surface area (Å²) in [6, 6.07) is 7.67. The molecule has 1 fully saturated rings. The molecule has 3 atom stereocenters. The lowest BCUT2D eigenvalue weighted by atomic mass is 10.1. The van der Waals surface area contributed by atoms with Crippen molar-refractivity contribution in [3.8, 4) is 5.75 Å². The van der Waals surface area contributed by atoms with Crippen LogP contribution in [0.2, 0.25) is 0 Å². The minimum Gasteiger partial charge on any atom is -0.481 e. The number of nitrogens with one attached hydrogen (secondary N) is 2. The SMILES string of the molecule is CCC(Oc1cccc(C)c1)C(=O)NCC1CNCC1O. The molecule has 3 N–H and O–H groups in total. The fraction of sp³-hybridized carbons (Fsp3) is 0.562. The molecule has 0 radical (unpaired) electrons. The van der Waals surface area contributed by atoms with Crippen molar-refractivity contribution in [2.24, 2.45) is 5.92 Å². The largest absolute Gasteiger partial charge is 0.481 e. The molecule has 0 aliphatic carbocycles. The molecule has 21 heavy (non-hydrogen) atoms. The maximum atomic E-state index is 12.2. The molecule has 0 spiro atoms. The standard InChI is InChI=1S/C16H24N2O3/c1-3-15(21-13-6-4-5-11(2)7-13)16(20)18-9-12-8-17-10-14(12)19/h4-7,12,14-15,17,19H,3,8-10H2,1-2H3,(H,18,20). The smallest absolute Gasteiger partial charge is 0.261 e. The van der Waals surface area contributed by atoms with Crippen molar-refractivity contribution < 1.29 is 14.6 Å². The van der Waals surface area contributed by atoms with Gasteiger partial charge in [-0.05, 0) is 31.0 Å². The minimum atomic E-state index is -0.502. The van der Waals surface area contributed by atoms with Crippen LogP contribution in [0.5, 0.6) is 5.75 Å². The average molecular weight is 292 g/mol. The molecule has 1 aliphatic rings. The van der Waals surface area contributed by atoms with Gasteiger partial charge < -0.3 is 20.5 Å². The molecule has 0 bridgehead atoms. The fourth-order valence-electron chi connectivity index (χ4n) is 2.45. The van der Waals surface area contributed by atoms with E-state index in [1.165, 1.54) is 0 Å². The molecule has 1 amide bonds. The zero-order chi connectivity index (χ0) is 15.2. The number of aliphatic hydroxyl groups excluding tert-OH is 1. The van der Waals surface area contributed by atoms with Crippen LogP contribution in [-0.2, 0) is 4.79 Å². The van der Waals surface area contributed by atoms with E-state index in [9.17, 15) is 9.90 Å². The number of β-amino-alcohol motifs (C(OH)–C–C–N with tert-alkyl or cyclic N) is 1. The Hall–Kier alpha value is -1.59. The van der Waals surface area contributed by atoms with Crippen molar-refractivity contribution in [1.82, 2.24) is 10.6 Å². The van der Waals surface area contributed by atoms with Crippen LogP contribution in [-0.4, -0.2) is 42.9 Å². The second kappa shape index (κ2) is 7.43. The van der Waals surface area contributed by atoms with E-state index in [-0.39, 0.29) is 17.9 Å². The summed E-state index contributed by atoms with van der Waals surface area (Å²) < 4.78 is 5.76. The quantitative estimate of drug-likeness (QED) is 0.727. The van der Waals surface area contributed by atoms with Crippen LogP contribution >= 0.6 is 0 Å². The van der Waals surface area contributed by atoms with E-state index < -0.39 is 6.10 Å². The lowest BCUT2D eigenvalue weighted by Gasteiger charge is -2.20. The first-order chi connectivity index (χ1) is 10.1. The number of carbonyl (C=O) groups is 1. The highest BCUT2D eigenvalue weighted by Crippen LogP contribution is 2.15. The van der Waals surface area contributed by atoms with E-state index in [0.29, 0.717) is 25.3 Å². The van der Waals surface area contributed by atoms with Gasteiger partial charge in [0.2, 0.25) is 0 Å². The number of aliphatic hydroxyl groups is 1. The number of hydrogen-bond donors (Lipinski definition) is 3. The number of ether oxygens (including phenoxy) is 1. The number of aryl methyl sites for hydroxylation is 1. The summed E-state index contributed by atoms with van der Waals surface area (Å²) in [5, 5.41) is 15.7. The number of benzene rings is 1. The third-order valence-corrected chi connectivity index (χ3v) is 3.77. The van der Waals surface area contributed by atoms with Crippen LogP contribution in [0.3, 0.4) is 0 Å². The summed E-state index contributed by atoms with van der Waals surface area (Å²) in [6.07, 6.45) is -0.285. The van der Waals surface area contributed by atoms with Gasteiger partial charge >= 0.3 is 0 Å². The Bertz CT molecular complexity index is 478. The van der Waals surface area contributed by atoms with Gasteiger partial charge in [-0.2, -0.15) is 0 Å². The molecule has 1 aliphatic heterocycles. The Labute approximate surface area is 125 Å². The Morgan fingerprint density at radius 3 is 2.95 bits per heavy atom. The van der Waals surface area contributed by atoms with Gasteiger partial charge in [0.1, 0.15) is 5.75 Å². The van der Waals surface area contributed by atoms with E-state index in [2.05, 4.69) is 10.6 Å². The monoisotopic (exact) mass is 292 g/mol. The van der Waals surface area contributed by atoms with Crippen molar-refractivity contribution in [3.63, 3.8) is 0 Å². The highest BCUT2D eigenvalue weighted by Gasteiger charge is 2.26. The Morgan fingerprint density at radius 2 is 2.33 bits per heavy atom. The van der Waals surface area contributed by atoms with Crippen molar-refractivity contribution >= 4 is 5.91 Å². The zero-order valence-corrected chi connectivity index (χ0v) is 12.6. The summed E-state index contributed by atoms with van der Waals surface area (Å²) in [4.78, 5) is 12.2. The molecule has 1 aromatic rings. The third kappa shape index (κ3) is 4.44. The first-order valence-electron chi connectivity index (χ1n) is 7.50. The Morgan fingerprint density at radius 1 is 1.52 bits per heavy atom. The van der Waals surface area contributed by atoms with E-state index >= 15 is 0 Å². The number of carbonyl (C=O) groups excluding carboxylic acids is 1. The molecular weight excluding hydrogens is 268 g/mol. The van der Waals surface area contributed by atoms with Crippen LogP contribution < -0.4 is 15.4 Å². The number of amides is 1. The molecule has 0 saturated carbocycles. The Kier molecular flexibility index (Phi) is 5.59. The third-order valence-electron chi connectivity index (χ3n) is 3.77. The average Bonchev–Trinajstić information content (AvgIpc) is 2.87. The second-order valence-corrected chi connectivity index (χ2v) is 5.56. The van der Waals surface area contributed by atoms with Gasteiger partial charge in [-0.15, -0.1) is 0 Å². The molecule has 5 heteroatoms. The summed E-state index contributed by atoms with van der Waals surface area (Å²) in [5.41, 5.74) is 1.10. The van der Waals surface area contributed by atoms with Crippen LogP contribution in [0, 0.1) is 12.8 Å². The first-order valence-corrected chi connectivity index (χ1v) is 7.50. The topological polar surface area (TPSA) is 70.6 Å². The maximum absolute atomic E-state index is 12.2. The van der Waals surface area contributed by atoms with Gasteiger partial charge in [-0.1, -0.05) is 19.1 Å². The minimum absolute atomic E-state index is 0.0745. The van der Waals surface area contributed by atoms with E-state index in [1.807, 2.05) is 38.1 Å². The van der Waals surface area contributed by atoms with Crippen LogP contribution in [0.4, 0.5) is 0 Å². The Balaban J connectivity index is 1.86. The zero-order valence-electron chi connectivity index (χ0n) is 12.6. The molecule has 3 unspecified atom stereocenters. The molecule has 1 heterocycles. The molecular formula is C16H24N2O3. The van der Waals surface area contributed by atoms with Gasteiger partial charge in [0.05, 0.1) is 6.10 Å². The van der Waals surface area contributed by atoms with Crippen molar-refractivity contribution in [2.45, 2.75) is 32.5 Å². The van der Waals surface area contributed by atoms with Gasteiger partial charge in [0.25, 0.3) is 5.91 Å². The number of rotatable bonds is 6. The predicted octanol–water partition coefficient (Wildman–Crippen LogP) is 0.849. The van der Waals surface area contributed by atoms with E-state index in [1.54, 1.807) is 0 Å². The fourth-order valence-corrected chi connectivity index (χ4v) is 2.45. The van der Waals surface area contributed by atoms with Gasteiger partial charge in [-0.25, -0.2) is 0 Å². The summed E-state index contributed by atoms with van der Waals surface area (Å²) in [5.74, 6) is 0.656. The van der Waals surface area contributed by atoms with E-state index in [4.69, 9.17) is 4.74 Å². The molecule has 2 rings (SSSR count). The molecule has 116 valence electrons. The van der Waals surface area contributed by atoms with Crippen LogP contribution in [0.1, 0.15) is 18.9 Å². The van der Waals surface area contributed by atoms with Crippen molar-refractivity contribution in [2.75, 3.05) is 19.6 Å². The molecule has 5 nitrogen and oxygen atoms in total. The van der Waals surface area contributed by atoms with Gasteiger partial charge in [0, 0.05) is 25.6 Å². The molecule has 1 aromatic carbocycles. The summed E-state index contributed by atoms with van der Waals surface area (Å²) >= 11 is 0. The summed E-state index contributed by atoms with van der Waals surface area (Å²) in [6.45, 7) is 5.71. The van der Waals surface area contributed by atoms with Gasteiger partial charge in [0.15, 0.2) is 6.10 Å². The summed E-state index contributed by atoms with van der Waals surface area (Å²) in [7, 11) is 0. The highest BCUT2D eigenvalue weighted by molar-refractivity contribution is 5.81. The molecule has 1 saturated heterocycles.